The van der Waals surface area contributed by atoms with Crippen molar-refractivity contribution < 1.29 is 27.5 Å². The Morgan fingerprint density at radius 3 is 2.36 bits per heavy atom. The van der Waals surface area contributed by atoms with Gasteiger partial charge in [-0.15, -0.1) is 0 Å². The average Bonchev–Trinajstić information content (AvgIpc) is 3.32. The molecule has 4 heterocycles. The third-order valence-electron chi connectivity index (χ3n) is 7.71. The number of ether oxygens (including phenoxy) is 1. The number of nitrogens with zero attached hydrogens (tertiary/aromatic N) is 6. The minimum Gasteiger partial charge on any atom is -0.444 e. The highest BCUT2D eigenvalue weighted by Crippen LogP contribution is 2.34. The van der Waals surface area contributed by atoms with Crippen molar-refractivity contribution in [1.29, 1.82) is 0 Å². The van der Waals surface area contributed by atoms with E-state index in [1.165, 1.54) is 0 Å². The van der Waals surface area contributed by atoms with Crippen LogP contribution in [0.4, 0.5) is 35.2 Å². The van der Waals surface area contributed by atoms with E-state index in [9.17, 15) is 27.6 Å². The van der Waals surface area contributed by atoms with E-state index in [0.29, 0.717) is 68.5 Å². The summed E-state index contributed by atoms with van der Waals surface area (Å²) in [5, 5.41) is 2.34. The van der Waals surface area contributed by atoms with Crippen LogP contribution in [-0.2, 0) is 35.1 Å². The predicted octanol–water partition coefficient (Wildman–Crippen LogP) is 4.71. The molecular formula is C30H35ClF3N7O4. The number of carbonyl (C=O) groups is 2. The molecule has 1 fully saturated rings. The maximum Gasteiger partial charge on any atom is 0.416 e. The Morgan fingerprint density at radius 2 is 1.76 bits per heavy atom. The largest absolute Gasteiger partial charge is 0.444 e. The number of likely N-dealkylation sites (N-methyl/N-ethyl adjacent to an activating group) is 1. The SMILES string of the molecule is CCc1c(N2CCN(C(=O)OC(C)(C)C)CC2)c(=O)c2nc3c(nc2n1CC(=O)Nc1ccc(C(F)(F)F)cc1Cl)CCN3C. The summed E-state index contributed by atoms with van der Waals surface area (Å²) in [6.45, 7) is 8.95. The molecule has 2 aliphatic heterocycles. The minimum absolute atomic E-state index is 0.0187. The molecule has 15 heteroatoms. The van der Waals surface area contributed by atoms with E-state index >= 15 is 0 Å². The van der Waals surface area contributed by atoms with Crippen LogP contribution in [0.15, 0.2) is 23.0 Å². The molecular weight excluding hydrogens is 615 g/mol. The van der Waals surface area contributed by atoms with Gasteiger partial charge in [-0.25, -0.2) is 14.8 Å². The van der Waals surface area contributed by atoms with E-state index in [-0.39, 0.29) is 33.8 Å². The lowest BCUT2D eigenvalue weighted by molar-refractivity contribution is -0.137. The zero-order valence-electron chi connectivity index (χ0n) is 25.7. The second kappa shape index (κ2) is 12.0. The summed E-state index contributed by atoms with van der Waals surface area (Å²) < 4.78 is 46.5. The second-order valence-electron chi connectivity index (χ2n) is 12.1. The molecule has 0 aliphatic carbocycles. The van der Waals surface area contributed by atoms with Crippen LogP contribution in [0.25, 0.3) is 11.2 Å². The van der Waals surface area contributed by atoms with Gasteiger partial charge < -0.3 is 29.3 Å². The van der Waals surface area contributed by atoms with E-state index in [4.69, 9.17) is 26.3 Å². The molecule has 0 saturated carbocycles. The number of carbonyl (C=O) groups excluding carboxylic acids is 2. The van der Waals surface area contributed by atoms with Crippen molar-refractivity contribution in [3.8, 4) is 0 Å². The first-order valence-electron chi connectivity index (χ1n) is 14.6. The smallest absolute Gasteiger partial charge is 0.416 e. The Balaban J connectivity index is 1.52. The van der Waals surface area contributed by atoms with Gasteiger partial charge in [0, 0.05) is 51.9 Å². The van der Waals surface area contributed by atoms with Crippen molar-refractivity contribution in [3.63, 3.8) is 0 Å². The molecule has 0 unspecified atom stereocenters. The summed E-state index contributed by atoms with van der Waals surface area (Å²) in [5.74, 6) is 0.0218. The molecule has 45 heavy (non-hydrogen) atoms. The van der Waals surface area contributed by atoms with Crippen molar-refractivity contribution >= 4 is 52.0 Å². The van der Waals surface area contributed by atoms with Crippen molar-refractivity contribution in [1.82, 2.24) is 19.4 Å². The first-order valence-corrected chi connectivity index (χ1v) is 15.0. The molecule has 242 valence electrons. The Labute approximate surface area is 262 Å². The van der Waals surface area contributed by atoms with Gasteiger partial charge in [-0.3, -0.25) is 9.59 Å². The number of hydrogen-bond donors (Lipinski definition) is 1. The van der Waals surface area contributed by atoms with Gasteiger partial charge in [-0.1, -0.05) is 18.5 Å². The molecule has 1 N–H and O–H groups in total. The summed E-state index contributed by atoms with van der Waals surface area (Å²) in [4.78, 5) is 55.1. The lowest BCUT2D eigenvalue weighted by Crippen LogP contribution is -2.51. The van der Waals surface area contributed by atoms with Crippen molar-refractivity contribution in [2.45, 2.75) is 58.9 Å². The molecule has 3 aromatic rings. The summed E-state index contributed by atoms with van der Waals surface area (Å²) in [6.07, 6.45) is -4.04. The Kier molecular flexibility index (Phi) is 8.64. The molecule has 11 nitrogen and oxygen atoms in total. The molecule has 2 amide bonds. The lowest BCUT2D eigenvalue weighted by Gasteiger charge is -2.37. The maximum absolute atomic E-state index is 14.1. The number of hydrogen-bond acceptors (Lipinski definition) is 8. The summed E-state index contributed by atoms with van der Waals surface area (Å²) in [7, 11) is 1.86. The summed E-state index contributed by atoms with van der Waals surface area (Å²) >= 11 is 6.10. The van der Waals surface area contributed by atoms with Crippen LogP contribution < -0.4 is 20.5 Å². The normalized spacial score (nSPS) is 15.4. The predicted molar refractivity (Wildman–Crippen MR) is 165 cm³/mol. The number of piperazine rings is 1. The van der Waals surface area contributed by atoms with E-state index in [1.807, 2.05) is 23.8 Å². The first kappa shape index (κ1) is 32.3. The number of alkyl halides is 3. The Hall–Kier alpha value is -4.07. The summed E-state index contributed by atoms with van der Waals surface area (Å²) in [6, 6.07) is 2.70. The Bertz CT molecular complexity index is 1710. The topological polar surface area (TPSA) is 113 Å². The van der Waals surface area contributed by atoms with Crippen LogP contribution >= 0.6 is 11.6 Å². The molecule has 0 bridgehead atoms. The van der Waals surface area contributed by atoms with E-state index in [0.717, 1.165) is 18.2 Å². The number of pyridine rings is 1. The van der Waals surface area contributed by atoms with E-state index in [2.05, 4.69) is 5.32 Å². The van der Waals surface area contributed by atoms with Crippen molar-refractivity contribution in [2.75, 3.05) is 54.9 Å². The lowest BCUT2D eigenvalue weighted by atomic mass is 10.1. The fourth-order valence-electron chi connectivity index (χ4n) is 5.56. The molecule has 2 aliphatic rings. The van der Waals surface area contributed by atoms with Crippen molar-refractivity contribution in [3.05, 3.63) is 50.4 Å². The van der Waals surface area contributed by atoms with Crippen LogP contribution in [0.1, 0.15) is 44.6 Å². The zero-order valence-corrected chi connectivity index (χ0v) is 26.5. The molecule has 1 saturated heterocycles. The monoisotopic (exact) mass is 649 g/mol. The van der Waals surface area contributed by atoms with E-state index in [1.54, 1.807) is 30.2 Å². The number of aromatic nitrogens is 3. The van der Waals surface area contributed by atoms with Gasteiger partial charge in [0.05, 0.1) is 22.0 Å². The molecule has 0 atom stereocenters. The summed E-state index contributed by atoms with van der Waals surface area (Å²) in [5.41, 5.74) is 0.0703. The highest BCUT2D eigenvalue weighted by molar-refractivity contribution is 6.33. The van der Waals surface area contributed by atoms with Crippen LogP contribution in [0, 0.1) is 0 Å². The molecule has 1 aromatic carbocycles. The van der Waals surface area contributed by atoms with Gasteiger partial charge in [0.2, 0.25) is 11.3 Å². The fourth-order valence-corrected chi connectivity index (χ4v) is 5.79. The number of benzene rings is 1. The fraction of sp³-hybridized carbons (Fsp3) is 0.500. The number of fused-ring (bicyclic) bond motifs is 2. The average molecular weight is 650 g/mol. The third kappa shape index (κ3) is 6.65. The van der Waals surface area contributed by atoms with Crippen LogP contribution in [0.5, 0.6) is 0 Å². The molecule has 5 rings (SSSR count). The number of amides is 2. The Morgan fingerprint density at radius 1 is 1.07 bits per heavy atom. The maximum atomic E-state index is 14.1. The van der Waals surface area contributed by atoms with E-state index < -0.39 is 29.3 Å². The van der Waals surface area contributed by atoms with Crippen LogP contribution in [-0.4, -0.2) is 76.8 Å². The molecule has 0 spiro atoms. The quantitative estimate of drug-likeness (QED) is 0.423. The second-order valence-corrected chi connectivity index (χ2v) is 12.5. The van der Waals surface area contributed by atoms with Crippen LogP contribution in [0.2, 0.25) is 5.02 Å². The minimum atomic E-state index is -4.58. The third-order valence-corrected chi connectivity index (χ3v) is 8.03. The number of anilines is 3. The van der Waals surface area contributed by atoms with Gasteiger partial charge in [-0.05, 0) is 45.4 Å². The first-order chi connectivity index (χ1) is 21.1. The number of halogens is 4. The molecule has 2 aromatic heterocycles. The van der Waals surface area contributed by atoms with Crippen molar-refractivity contribution in [2.24, 2.45) is 0 Å². The molecule has 0 radical (unpaired) electrons. The van der Waals surface area contributed by atoms with Gasteiger partial charge in [0.15, 0.2) is 17.0 Å². The number of nitrogens with one attached hydrogen (secondary N) is 1. The highest BCUT2D eigenvalue weighted by Gasteiger charge is 2.33. The standard InChI is InChI=1S/C30H35ClF3N7O4/c1-6-21-24(39-11-13-40(14-12-39)28(44)45-29(2,3)4)25(43)23-27(36-20-9-10-38(5)26(20)37-23)41(21)16-22(42)35-19-8-7-17(15-18(19)31)30(32,33)34/h7-8,15H,6,9-14,16H2,1-5H3,(H,35,42). The van der Waals surface area contributed by atoms with Gasteiger partial charge >= 0.3 is 12.3 Å². The highest BCUT2D eigenvalue weighted by atomic mass is 35.5. The number of rotatable bonds is 5. The van der Waals surface area contributed by atoms with Gasteiger partial charge in [0.25, 0.3) is 0 Å². The zero-order chi connectivity index (χ0) is 32.8. The van der Waals surface area contributed by atoms with Gasteiger partial charge in [0.1, 0.15) is 17.8 Å². The van der Waals surface area contributed by atoms with Crippen LogP contribution in [0.3, 0.4) is 0 Å². The van der Waals surface area contributed by atoms with Gasteiger partial charge in [-0.2, -0.15) is 13.2 Å².